The first-order valence-corrected chi connectivity index (χ1v) is 3.60. The monoisotopic (exact) mass is 138 g/mol. The average Bonchev–Trinajstić information content (AvgIpc) is 1.94. The number of likely N-dealkylation sites (tertiary alicyclic amines) is 1. The van der Waals surface area contributed by atoms with Gasteiger partial charge in [-0.1, -0.05) is 6.08 Å². The molecule has 0 unspecified atom stereocenters. The minimum Gasteiger partial charge on any atom is -0.334 e. The predicted molar refractivity (Wildman–Crippen MR) is 40.1 cm³/mol. The SMILES string of the molecule is C=C[CH]N1CCCCC1=O. The highest BCUT2D eigenvalue weighted by Crippen LogP contribution is 2.11. The molecule has 0 saturated carbocycles. The van der Waals surface area contributed by atoms with E-state index in [1.165, 1.54) is 0 Å². The summed E-state index contributed by atoms with van der Waals surface area (Å²) in [5.41, 5.74) is 0. The van der Waals surface area contributed by atoms with Crippen LogP contribution in [0.25, 0.3) is 0 Å². The van der Waals surface area contributed by atoms with Crippen LogP contribution in [0.3, 0.4) is 0 Å². The zero-order valence-electron chi connectivity index (χ0n) is 6.05. The summed E-state index contributed by atoms with van der Waals surface area (Å²) in [5.74, 6) is 0.228. The first-order chi connectivity index (χ1) is 4.84. The number of hydrogen-bond acceptors (Lipinski definition) is 1. The van der Waals surface area contributed by atoms with Gasteiger partial charge in [0.2, 0.25) is 5.91 Å². The van der Waals surface area contributed by atoms with Crippen LogP contribution >= 0.6 is 0 Å². The molecule has 0 aliphatic carbocycles. The maximum absolute atomic E-state index is 11.0. The van der Waals surface area contributed by atoms with Crippen LogP contribution in [0.2, 0.25) is 0 Å². The Kier molecular flexibility index (Phi) is 2.49. The summed E-state index contributed by atoms with van der Waals surface area (Å²) in [6.07, 6.45) is 4.52. The van der Waals surface area contributed by atoms with E-state index in [0.717, 1.165) is 19.4 Å². The summed E-state index contributed by atoms with van der Waals surface area (Å²) >= 11 is 0. The zero-order valence-corrected chi connectivity index (χ0v) is 6.05. The van der Waals surface area contributed by atoms with E-state index in [1.807, 2.05) is 0 Å². The van der Waals surface area contributed by atoms with Crippen molar-refractivity contribution >= 4 is 5.91 Å². The molecule has 1 rings (SSSR count). The number of carbonyl (C=O) groups is 1. The van der Waals surface area contributed by atoms with E-state index in [9.17, 15) is 4.79 Å². The Morgan fingerprint density at radius 2 is 2.30 bits per heavy atom. The molecule has 1 aliphatic rings. The normalized spacial score (nSPS) is 19.2. The van der Waals surface area contributed by atoms with Gasteiger partial charge in [0.1, 0.15) is 0 Å². The Balaban J connectivity index is 2.39. The van der Waals surface area contributed by atoms with Crippen molar-refractivity contribution in [3.63, 3.8) is 0 Å². The largest absolute Gasteiger partial charge is 0.334 e. The second kappa shape index (κ2) is 3.40. The molecule has 2 nitrogen and oxygen atoms in total. The molecule has 1 heterocycles. The second-order valence-corrected chi connectivity index (χ2v) is 2.43. The average molecular weight is 138 g/mol. The lowest BCUT2D eigenvalue weighted by atomic mass is 10.1. The highest BCUT2D eigenvalue weighted by Gasteiger charge is 2.15. The minimum absolute atomic E-state index is 0.228. The van der Waals surface area contributed by atoms with Crippen molar-refractivity contribution in [2.75, 3.05) is 6.54 Å². The maximum atomic E-state index is 11.0. The summed E-state index contributed by atoms with van der Waals surface area (Å²) in [6, 6.07) is 0. The minimum atomic E-state index is 0.228. The van der Waals surface area contributed by atoms with Gasteiger partial charge in [0, 0.05) is 13.0 Å². The first-order valence-electron chi connectivity index (χ1n) is 3.60. The number of hydrogen-bond donors (Lipinski definition) is 0. The van der Waals surface area contributed by atoms with Crippen molar-refractivity contribution in [1.29, 1.82) is 0 Å². The molecule has 55 valence electrons. The third-order valence-corrected chi connectivity index (χ3v) is 1.65. The summed E-state index contributed by atoms with van der Waals surface area (Å²) in [6.45, 7) is 6.16. The summed E-state index contributed by atoms with van der Waals surface area (Å²) in [5, 5.41) is 0. The smallest absolute Gasteiger partial charge is 0.223 e. The van der Waals surface area contributed by atoms with Gasteiger partial charge in [0.15, 0.2) is 0 Å². The third kappa shape index (κ3) is 1.59. The van der Waals surface area contributed by atoms with Crippen LogP contribution < -0.4 is 0 Å². The van der Waals surface area contributed by atoms with Crippen molar-refractivity contribution in [3.8, 4) is 0 Å². The third-order valence-electron chi connectivity index (χ3n) is 1.65. The molecule has 10 heavy (non-hydrogen) atoms. The van der Waals surface area contributed by atoms with Gasteiger partial charge in [-0.3, -0.25) is 4.79 Å². The lowest BCUT2D eigenvalue weighted by Crippen LogP contribution is -2.32. The molecule has 0 spiro atoms. The summed E-state index contributed by atoms with van der Waals surface area (Å²) < 4.78 is 0. The van der Waals surface area contributed by atoms with E-state index in [0.29, 0.717) is 6.42 Å². The molecule has 0 atom stereocenters. The lowest BCUT2D eigenvalue weighted by Gasteiger charge is -2.24. The molecule has 0 aromatic carbocycles. The molecule has 1 amide bonds. The topological polar surface area (TPSA) is 20.3 Å². The number of nitrogens with zero attached hydrogens (tertiary/aromatic N) is 1. The van der Waals surface area contributed by atoms with Crippen LogP contribution in [0.1, 0.15) is 19.3 Å². The Morgan fingerprint density at radius 3 is 2.90 bits per heavy atom. The molecule has 0 aromatic heterocycles. The van der Waals surface area contributed by atoms with E-state index < -0.39 is 0 Å². The molecule has 0 N–H and O–H groups in total. The molecular formula is C8H12NO. The van der Waals surface area contributed by atoms with Crippen molar-refractivity contribution in [2.45, 2.75) is 19.3 Å². The molecular weight excluding hydrogens is 126 g/mol. The summed E-state index contributed by atoms with van der Waals surface area (Å²) in [4.78, 5) is 12.8. The molecule has 0 aromatic rings. The van der Waals surface area contributed by atoms with E-state index >= 15 is 0 Å². The van der Waals surface area contributed by atoms with Gasteiger partial charge >= 0.3 is 0 Å². The van der Waals surface area contributed by atoms with E-state index in [-0.39, 0.29) is 5.91 Å². The van der Waals surface area contributed by atoms with Gasteiger partial charge in [-0.05, 0) is 12.8 Å². The lowest BCUT2D eigenvalue weighted by molar-refractivity contribution is -0.131. The Morgan fingerprint density at radius 1 is 1.50 bits per heavy atom. The molecule has 2 heteroatoms. The van der Waals surface area contributed by atoms with Crippen LogP contribution in [-0.4, -0.2) is 17.4 Å². The number of amides is 1. The number of piperidine rings is 1. The van der Waals surface area contributed by atoms with Crippen LogP contribution in [0.15, 0.2) is 12.7 Å². The molecule has 1 radical (unpaired) electrons. The van der Waals surface area contributed by atoms with Crippen LogP contribution in [0.4, 0.5) is 0 Å². The van der Waals surface area contributed by atoms with E-state index in [4.69, 9.17) is 0 Å². The fraction of sp³-hybridized carbons (Fsp3) is 0.500. The van der Waals surface area contributed by atoms with Crippen LogP contribution in [0, 0.1) is 6.54 Å². The van der Waals surface area contributed by atoms with Crippen molar-refractivity contribution in [3.05, 3.63) is 19.2 Å². The van der Waals surface area contributed by atoms with Gasteiger partial charge < -0.3 is 4.90 Å². The fourth-order valence-electron chi connectivity index (χ4n) is 1.11. The standard InChI is InChI=1S/C8H12NO/c1-2-6-9-7-4-3-5-8(9)10/h2,6H,1,3-5,7H2. The molecule has 1 aliphatic heterocycles. The van der Waals surface area contributed by atoms with Crippen molar-refractivity contribution in [2.24, 2.45) is 0 Å². The Hall–Kier alpha value is -0.790. The van der Waals surface area contributed by atoms with E-state index in [2.05, 4.69) is 6.58 Å². The van der Waals surface area contributed by atoms with Crippen molar-refractivity contribution < 1.29 is 4.79 Å². The molecule has 1 saturated heterocycles. The first kappa shape index (κ1) is 7.32. The highest BCUT2D eigenvalue weighted by atomic mass is 16.2. The van der Waals surface area contributed by atoms with Crippen LogP contribution in [0.5, 0.6) is 0 Å². The number of carbonyl (C=O) groups excluding carboxylic acids is 1. The van der Waals surface area contributed by atoms with Gasteiger partial charge in [-0.2, -0.15) is 0 Å². The van der Waals surface area contributed by atoms with Gasteiger partial charge in [-0.15, -0.1) is 6.58 Å². The van der Waals surface area contributed by atoms with Crippen LogP contribution in [-0.2, 0) is 4.79 Å². The fourth-order valence-corrected chi connectivity index (χ4v) is 1.11. The molecule has 1 fully saturated rings. The Bertz CT molecular complexity index is 142. The maximum Gasteiger partial charge on any atom is 0.223 e. The molecule has 0 bridgehead atoms. The van der Waals surface area contributed by atoms with Crippen molar-refractivity contribution in [1.82, 2.24) is 4.90 Å². The summed E-state index contributed by atoms with van der Waals surface area (Å²) in [7, 11) is 0. The Labute approximate surface area is 61.5 Å². The predicted octanol–water partition coefficient (Wildman–Crippen LogP) is 1.35. The quantitative estimate of drug-likeness (QED) is 0.564. The van der Waals surface area contributed by atoms with Gasteiger partial charge in [0.25, 0.3) is 0 Å². The van der Waals surface area contributed by atoms with E-state index in [1.54, 1.807) is 17.5 Å². The number of rotatable bonds is 2. The van der Waals surface area contributed by atoms with Gasteiger partial charge in [-0.25, -0.2) is 0 Å². The second-order valence-electron chi connectivity index (χ2n) is 2.43. The van der Waals surface area contributed by atoms with Gasteiger partial charge in [0.05, 0.1) is 6.54 Å². The highest BCUT2D eigenvalue weighted by molar-refractivity contribution is 5.77. The zero-order chi connectivity index (χ0) is 7.40.